The van der Waals surface area contributed by atoms with Crippen LogP contribution >= 0.6 is 0 Å². The fraction of sp³-hybridized carbons (Fsp3) is 0.0500. The summed E-state index contributed by atoms with van der Waals surface area (Å²) in [5, 5.41) is 5.01. The van der Waals surface area contributed by atoms with Crippen molar-refractivity contribution in [1.82, 2.24) is 24.1 Å². The van der Waals surface area contributed by atoms with E-state index in [0.717, 1.165) is 62.3 Å². The van der Waals surface area contributed by atoms with E-state index in [-0.39, 0.29) is 5.41 Å². The van der Waals surface area contributed by atoms with Crippen LogP contribution in [0.4, 0.5) is 17.1 Å². The molecule has 0 saturated heterocycles. The lowest BCUT2D eigenvalue weighted by Gasteiger charge is -2.42. The van der Waals surface area contributed by atoms with Crippen molar-refractivity contribution in [2.45, 2.75) is 19.3 Å². The van der Waals surface area contributed by atoms with Gasteiger partial charge in [0, 0.05) is 56.4 Å². The molecule has 6 nitrogen and oxygen atoms in total. The average molecular weight is 847 g/mol. The topological polar surface area (TPSA) is 51.8 Å². The lowest BCUT2D eigenvalue weighted by molar-refractivity contribution is 0.631. The summed E-state index contributed by atoms with van der Waals surface area (Å²) in [5.41, 5.74) is 18.0. The summed E-state index contributed by atoms with van der Waals surface area (Å²) in [7, 11) is 0. The molecule has 5 aromatic heterocycles. The molecule has 0 spiro atoms. The van der Waals surface area contributed by atoms with Gasteiger partial charge in [-0.1, -0.05) is 111 Å². The number of benzene rings is 7. The maximum absolute atomic E-state index is 5.04. The van der Waals surface area contributed by atoms with E-state index in [9.17, 15) is 0 Å². The summed E-state index contributed by atoms with van der Waals surface area (Å²) in [6.07, 6.45) is 3.62. The largest absolute Gasteiger partial charge is 0.310 e. The van der Waals surface area contributed by atoms with Gasteiger partial charge in [-0.3, -0.25) is 9.97 Å². The van der Waals surface area contributed by atoms with Crippen molar-refractivity contribution in [3.05, 3.63) is 230 Å². The van der Waals surface area contributed by atoms with Crippen LogP contribution in [0.25, 0.3) is 88.9 Å². The second-order valence-corrected chi connectivity index (χ2v) is 17.7. The molecule has 0 unspecified atom stereocenters. The molecule has 0 aliphatic carbocycles. The van der Waals surface area contributed by atoms with Crippen LogP contribution in [0.3, 0.4) is 0 Å². The molecule has 66 heavy (non-hydrogen) atoms. The highest BCUT2D eigenvalue weighted by Gasteiger charge is 2.38. The third-order valence-electron chi connectivity index (χ3n) is 13.6. The molecule has 312 valence electrons. The van der Waals surface area contributed by atoms with Crippen LogP contribution in [0.1, 0.15) is 25.0 Å². The number of nitrogens with zero attached hydrogens (tertiary/aromatic N) is 6. The van der Waals surface area contributed by atoms with Gasteiger partial charge in [-0.2, -0.15) is 0 Å². The molecule has 0 atom stereocenters. The van der Waals surface area contributed by atoms with Crippen molar-refractivity contribution < 1.29 is 0 Å². The normalized spacial score (nSPS) is 13.1. The van der Waals surface area contributed by atoms with Gasteiger partial charge >= 0.3 is 0 Å². The van der Waals surface area contributed by atoms with E-state index in [1.54, 1.807) is 0 Å². The minimum atomic E-state index is -0.370. The number of hydrogen-bond acceptors (Lipinski definition) is 4. The summed E-state index contributed by atoms with van der Waals surface area (Å²) in [4.78, 5) is 16.8. The first-order valence-electron chi connectivity index (χ1n) is 22.5. The molecule has 1 aliphatic rings. The van der Waals surface area contributed by atoms with Gasteiger partial charge in [0.25, 0.3) is 0 Å². The molecule has 12 aromatic rings. The van der Waals surface area contributed by atoms with E-state index in [4.69, 9.17) is 4.98 Å². The first-order chi connectivity index (χ1) is 32.5. The molecule has 0 bridgehead atoms. The highest BCUT2D eigenvalue weighted by molar-refractivity contribution is 6.10. The third kappa shape index (κ3) is 5.85. The Morgan fingerprint density at radius 1 is 0.348 bits per heavy atom. The second-order valence-electron chi connectivity index (χ2n) is 17.7. The summed E-state index contributed by atoms with van der Waals surface area (Å²) >= 11 is 0. The molecule has 0 saturated carbocycles. The fourth-order valence-corrected chi connectivity index (χ4v) is 10.5. The zero-order valence-electron chi connectivity index (χ0n) is 36.5. The second kappa shape index (κ2) is 14.7. The van der Waals surface area contributed by atoms with Crippen LogP contribution in [0.5, 0.6) is 0 Å². The Morgan fingerprint density at radius 3 is 1.15 bits per heavy atom. The van der Waals surface area contributed by atoms with Crippen molar-refractivity contribution in [1.29, 1.82) is 0 Å². The van der Waals surface area contributed by atoms with Gasteiger partial charge < -0.3 is 14.0 Å². The minimum absolute atomic E-state index is 0.370. The summed E-state index contributed by atoms with van der Waals surface area (Å²) in [5.74, 6) is 0. The Hall–Kier alpha value is -8.61. The van der Waals surface area contributed by atoms with Gasteiger partial charge in [0.1, 0.15) is 0 Å². The molecule has 6 heteroatoms. The van der Waals surface area contributed by atoms with Crippen LogP contribution in [0.15, 0.2) is 219 Å². The van der Waals surface area contributed by atoms with Crippen molar-refractivity contribution in [2.75, 3.05) is 4.90 Å². The molecule has 0 radical (unpaired) electrons. The predicted octanol–water partition coefficient (Wildman–Crippen LogP) is 15.2. The SMILES string of the molecule is CC1(C)c2cc(-n3c4ccccc4c4ccccc43)ccc2N(c2ccc(-c3cc(-c4ccccn4)nc(-c4ccccn4)c3)cc2)c2ccc(-n3c4ccccc4c4ccccc43)cc21. The van der Waals surface area contributed by atoms with Gasteiger partial charge in [0.05, 0.1) is 56.2 Å². The Kier molecular flexibility index (Phi) is 8.46. The first kappa shape index (κ1) is 37.9. The van der Waals surface area contributed by atoms with E-state index >= 15 is 0 Å². The summed E-state index contributed by atoms with van der Waals surface area (Å²) in [6, 6.07) is 74.2. The van der Waals surface area contributed by atoms with Crippen LogP contribution in [-0.4, -0.2) is 24.1 Å². The Bertz CT molecular complexity index is 3510. The number of para-hydroxylation sites is 4. The first-order valence-corrected chi connectivity index (χ1v) is 22.5. The molecule has 1 aliphatic heterocycles. The summed E-state index contributed by atoms with van der Waals surface area (Å²) in [6.45, 7) is 4.77. The van der Waals surface area contributed by atoms with Crippen LogP contribution in [-0.2, 0) is 5.41 Å². The number of rotatable bonds is 6. The van der Waals surface area contributed by atoms with E-state index in [2.05, 4.69) is 208 Å². The fourth-order valence-electron chi connectivity index (χ4n) is 10.5. The molecular weight excluding hydrogens is 805 g/mol. The quantitative estimate of drug-likeness (QED) is 0.167. The van der Waals surface area contributed by atoms with Crippen molar-refractivity contribution in [3.8, 4) is 45.3 Å². The highest BCUT2D eigenvalue weighted by atomic mass is 15.2. The van der Waals surface area contributed by atoms with Crippen molar-refractivity contribution in [3.63, 3.8) is 0 Å². The Balaban J connectivity index is 1.00. The number of pyridine rings is 3. The van der Waals surface area contributed by atoms with Crippen LogP contribution < -0.4 is 4.90 Å². The van der Waals surface area contributed by atoms with Gasteiger partial charge in [0.2, 0.25) is 0 Å². The number of aromatic nitrogens is 5. The van der Waals surface area contributed by atoms with Gasteiger partial charge in [-0.15, -0.1) is 0 Å². The molecular formula is C60H42N6. The third-order valence-corrected chi connectivity index (χ3v) is 13.6. The Morgan fingerprint density at radius 2 is 0.742 bits per heavy atom. The van der Waals surface area contributed by atoms with Crippen LogP contribution in [0, 0.1) is 0 Å². The zero-order chi connectivity index (χ0) is 43.9. The zero-order valence-corrected chi connectivity index (χ0v) is 36.5. The average Bonchev–Trinajstić information content (AvgIpc) is 3.90. The van der Waals surface area contributed by atoms with Crippen molar-refractivity contribution in [2.24, 2.45) is 0 Å². The minimum Gasteiger partial charge on any atom is -0.310 e. The number of fused-ring (bicyclic) bond motifs is 8. The van der Waals surface area contributed by atoms with E-state index in [1.165, 1.54) is 54.7 Å². The summed E-state index contributed by atoms with van der Waals surface area (Å²) < 4.78 is 4.86. The monoisotopic (exact) mass is 846 g/mol. The lowest BCUT2D eigenvalue weighted by atomic mass is 9.73. The van der Waals surface area contributed by atoms with Gasteiger partial charge in [0.15, 0.2) is 0 Å². The van der Waals surface area contributed by atoms with E-state index < -0.39 is 0 Å². The maximum atomic E-state index is 5.04. The number of hydrogen-bond donors (Lipinski definition) is 0. The molecule has 0 N–H and O–H groups in total. The molecule has 7 aromatic carbocycles. The molecule has 6 heterocycles. The van der Waals surface area contributed by atoms with Gasteiger partial charge in [-0.25, -0.2) is 4.98 Å². The highest BCUT2D eigenvalue weighted by Crippen LogP contribution is 2.53. The molecule has 0 fully saturated rings. The smallest absolute Gasteiger partial charge is 0.0900 e. The van der Waals surface area contributed by atoms with Crippen LogP contribution in [0.2, 0.25) is 0 Å². The Labute approximate surface area is 382 Å². The standard InChI is InChI=1S/C60H42N6/c1-60(2)48-37-42(65-54-21-7-3-15-44(54)45-16-4-8-22-55(45)65)29-31-58(48)64(59-32-30-43(38-49(59)60)66-56-23-9-5-17-46(56)47-18-6-10-24-57(47)66)41-27-25-39(26-28-41)40-35-52(50-19-11-13-33-61-50)63-53(36-40)51-20-12-14-34-62-51/h3-38H,1-2H3. The molecule has 0 amide bonds. The lowest BCUT2D eigenvalue weighted by Crippen LogP contribution is -2.31. The van der Waals surface area contributed by atoms with E-state index in [1.807, 2.05) is 48.8 Å². The predicted molar refractivity (Wildman–Crippen MR) is 272 cm³/mol. The van der Waals surface area contributed by atoms with E-state index in [0.29, 0.717) is 0 Å². The van der Waals surface area contributed by atoms with Crippen molar-refractivity contribution >= 4 is 60.7 Å². The number of anilines is 3. The maximum Gasteiger partial charge on any atom is 0.0900 e. The molecule has 13 rings (SSSR count). The van der Waals surface area contributed by atoms with Gasteiger partial charge in [-0.05, 0) is 131 Å².